The number of hydrogen-bond donors (Lipinski definition) is 14. The Hall–Kier alpha value is -2.24. The molecule has 0 aromatic carbocycles. The van der Waals surface area contributed by atoms with E-state index >= 15 is 0 Å². The molecule has 6 heterocycles. The molecule has 27 nitrogen and oxygen atoms in total. The summed E-state index contributed by atoms with van der Waals surface area (Å²) in [6.07, 6.45) is -30.6. The van der Waals surface area contributed by atoms with Crippen molar-refractivity contribution in [1.29, 1.82) is 0 Å². The molecular formula is C56H88O27. The van der Waals surface area contributed by atoms with Crippen molar-refractivity contribution in [2.24, 2.45) is 46.3 Å². The highest BCUT2D eigenvalue weighted by molar-refractivity contribution is 5.74. The maximum atomic E-state index is 12.7. The number of carbonyl (C=O) groups is 2. The van der Waals surface area contributed by atoms with Gasteiger partial charge in [-0.1, -0.05) is 39.3 Å². The average molecular weight is 1190 g/mol. The monoisotopic (exact) mass is 1190 g/mol. The summed E-state index contributed by atoms with van der Waals surface area (Å²) in [5.41, 5.74) is -1.21. The number of esters is 1. The van der Waals surface area contributed by atoms with E-state index in [2.05, 4.69) is 33.8 Å². The quantitative estimate of drug-likeness (QED) is 0.0534. The first kappa shape index (κ1) is 63.8. The average Bonchev–Trinajstić information content (AvgIpc) is 1.70. The maximum absolute atomic E-state index is 12.7. The van der Waals surface area contributed by atoms with Gasteiger partial charge in [0.05, 0.1) is 69.8 Å². The number of ether oxygens (including phenoxy) is 11. The molecule has 6 aliphatic heterocycles. The van der Waals surface area contributed by atoms with Gasteiger partial charge in [0, 0.05) is 12.3 Å². The highest BCUT2D eigenvalue weighted by Gasteiger charge is 2.69. The van der Waals surface area contributed by atoms with E-state index in [1.807, 2.05) is 0 Å². The number of aliphatic hydroxyl groups is 13. The molecule has 0 aromatic heterocycles. The number of aliphatic hydroxyl groups excluding tert-OH is 12. The van der Waals surface area contributed by atoms with Gasteiger partial charge in [0.25, 0.3) is 0 Å². The molecule has 1 unspecified atom stereocenters. The fourth-order valence-electron chi connectivity index (χ4n) is 16.3. The Bertz CT molecular complexity index is 2280. The SMILES string of the molecule is C[C@@H]1CC[C@@]2(OC1)O[C@H]1C[C@H]3[C@@H]4CC=C5C[C@@H](O[C@@H]6O[C@H](CO)[C@H](O[C@@H]7O[C@H](CO)[C@@H](O)[C@H](O[C@@H]8OC[C@@H](OC(=O)CC(C)(O)CC(=O)O)[C@H](O)[C@H]8O)[C@H]7O[C@@H]7O[C@H](CO)[C@@H](O)[C@H](O)[C@H]7O)[C@H](O)[C@H]6O)[C@H](O)C[C@]5(C)[C@H]4CC[C@]3(C)[C@H]1[C@@H]2C. The van der Waals surface area contributed by atoms with E-state index < -0.39 is 192 Å². The molecule has 1 spiro atoms. The van der Waals surface area contributed by atoms with E-state index in [4.69, 9.17) is 57.2 Å². The van der Waals surface area contributed by atoms with Gasteiger partial charge in [0.2, 0.25) is 0 Å². The maximum Gasteiger partial charge on any atom is 0.309 e. The zero-order valence-corrected chi connectivity index (χ0v) is 47.4. The number of allylic oxidation sites excluding steroid dienone is 1. The van der Waals surface area contributed by atoms with Crippen LogP contribution in [0.1, 0.15) is 98.8 Å². The van der Waals surface area contributed by atoms with E-state index in [-0.39, 0.29) is 35.2 Å². The topological polar surface area (TPSA) is 419 Å². The van der Waals surface area contributed by atoms with Crippen molar-refractivity contribution in [3.8, 4) is 0 Å². The van der Waals surface area contributed by atoms with Gasteiger partial charge in [-0.25, -0.2) is 0 Å². The van der Waals surface area contributed by atoms with E-state index in [1.165, 1.54) is 0 Å². The van der Waals surface area contributed by atoms with Crippen LogP contribution in [0.3, 0.4) is 0 Å². The van der Waals surface area contributed by atoms with E-state index in [0.29, 0.717) is 36.7 Å². The van der Waals surface area contributed by atoms with Gasteiger partial charge in [-0.15, -0.1) is 0 Å². The number of fused-ring (bicyclic) bond motifs is 7. The Morgan fingerprint density at radius 2 is 1.30 bits per heavy atom. The molecule has 10 aliphatic rings. The van der Waals surface area contributed by atoms with Crippen molar-refractivity contribution in [3.63, 3.8) is 0 Å². The lowest BCUT2D eigenvalue weighted by atomic mass is 9.46. The molecule has 0 aromatic rings. The van der Waals surface area contributed by atoms with Crippen molar-refractivity contribution in [3.05, 3.63) is 11.6 Å². The Morgan fingerprint density at radius 3 is 1.98 bits per heavy atom. The van der Waals surface area contributed by atoms with Crippen molar-refractivity contribution in [1.82, 2.24) is 0 Å². The van der Waals surface area contributed by atoms with Crippen molar-refractivity contribution >= 4 is 11.9 Å². The summed E-state index contributed by atoms with van der Waals surface area (Å²) in [6, 6.07) is 0. The highest BCUT2D eigenvalue weighted by Crippen LogP contribution is 2.71. The summed E-state index contributed by atoms with van der Waals surface area (Å²) in [4.78, 5) is 23.9. The van der Waals surface area contributed by atoms with Gasteiger partial charge >= 0.3 is 11.9 Å². The molecule has 0 amide bonds. The number of hydrogen-bond acceptors (Lipinski definition) is 26. The summed E-state index contributed by atoms with van der Waals surface area (Å²) in [5, 5.41) is 153. The fraction of sp³-hybridized carbons (Fsp3) is 0.929. The number of carboxylic acid groups (broad SMARTS) is 1. The van der Waals surface area contributed by atoms with Crippen LogP contribution in [0, 0.1) is 46.3 Å². The zero-order chi connectivity index (χ0) is 60.0. The van der Waals surface area contributed by atoms with Crippen molar-refractivity contribution in [2.45, 2.75) is 245 Å². The summed E-state index contributed by atoms with van der Waals surface area (Å²) < 4.78 is 66.6. The summed E-state index contributed by atoms with van der Waals surface area (Å²) in [5.74, 6) is -0.833. The third-order valence-electron chi connectivity index (χ3n) is 20.8. The van der Waals surface area contributed by atoms with Gasteiger partial charge in [-0.2, -0.15) is 0 Å². The van der Waals surface area contributed by atoms with Crippen LogP contribution in [0.25, 0.3) is 0 Å². The molecule has 83 heavy (non-hydrogen) atoms. The van der Waals surface area contributed by atoms with Crippen LogP contribution in [-0.2, 0) is 61.7 Å². The summed E-state index contributed by atoms with van der Waals surface area (Å²) >= 11 is 0. The van der Waals surface area contributed by atoms with Gasteiger partial charge < -0.3 is 124 Å². The van der Waals surface area contributed by atoms with Crippen LogP contribution in [0.4, 0.5) is 0 Å². The first-order valence-electron chi connectivity index (χ1n) is 29.5. The van der Waals surface area contributed by atoms with Gasteiger partial charge in [0.1, 0.15) is 85.5 Å². The van der Waals surface area contributed by atoms with E-state index in [1.54, 1.807) is 0 Å². The van der Waals surface area contributed by atoms with Crippen LogP contribution >= 0.6 is 0 Å². The van der Waals surface area contributed by atoms with E-state index in [0.717, 1.165) is 51.0 Å². The second kappa shape index (κ2) is 24.6. The Balaban J connectivity index is 0.829. The molecule has 474 valence electrons. The molecule has 0 bridgehead atoms. The molecular weight excluding hydrogens is 1100 g/mol. The summed E-state index contributed by atoms with van der Waals surface area (Å²) in [6.45, 7) is 7.53. The minimum atomic E-state index is -2.12. The molecule has 4 aliphatic carbocycles. The lowest BCUT2D eigenvalue weighted by Gasteiger charge is -2.59. The first-order chi connectivity index (χ1) is 39.2. The Morgan fingerprint density at radius 1 is 0.675 bits per heavy atom. The minimum absolute atomic E-state index is 0.0745. The smallest absolute Gasteiger partial charge is 0.309 e. The normalized spacial score (nSPS) is 52.3. The van der Waals surface area contributed by atoms with Crippen LogP contribution < -0.4 is 0 Å². The molecule has 32 atom stereocenters. The van der Waals surface area contributed by atoms with Crippen LogP contribution in [-0.4, -0.2) is 263 Å². The first-order valence-corrected chi connectivity index (χ1v) is 29.5. The number of rotatable bonds is 16. The third-order valence-corrected chi connectivity index (χ3v) is 20.8. The minimum Gasteiger partial charge on any atom is -0.481 e. The number of carboxylic acids is 1. The summed E-state index contributed by atoms with van der Waals surface area (Å²) in [7, 11) is 0. The Kier molecular flexibility index (Phi) is 18.9. The van der Waals surface area contributed by atoms with Crippen molar-refractivity contribution < 1.29 is 133 Å². The van der Waals surface area contributed by atoms with Gasteiger partial charge in [-0.05, 0) is 92.3 Å². The molecule has 14 N–H and O–H groups in total. The molecule has 9 fully saturated rings. The van der Waals surface area contributed by atoms with Gasteiger partial charge in [0.15, 0.2) is 37.1 Å². The molecule has 27 heteroatoms. The van der Waals surface area contributed by atoms with Crippen molar-refractivity contribution in [2.75, 3.05) is 33.0 Å². The number of carbonyl (C=O) groups excluding carboxylic acids is 1. The second-order valence-electron chi connectivity index (χ2n) is 26.3. The fourth-order valence-corrected chi connectivity index (χ4v) is 16.3. The predicted octanol–water partition coefficient (Wildman–Crippen LogP) is -3.21. The molecule has 6 saturated heterocycles. The van der Waals surface area contributed by atoms with Crippen LogP contribution in [0.2, 0.25) is 0 Å². The lowest BCUT2D eigenvalue weighted by Crippen LogP contribution is -2.68. The van der Waals surface area contributed by atoms with Crippen LogP contribution in [0.5, 0.6) is 0 Å². The largest absolute Gasteiger partial charge is 0.481 e. The lowest BCUT2D eigenvalue weighted by molar-refractivity contribution is -0.404. The Labute approximate surface area is 480 Å². The number of aliphatic carboxylic acids is 1. The third kappa shape index (κ3) is 11.8. The van der Waals surface area contributed by atoms with Crippen LogP contribution in [0.15, 0.2) is 11.6 Å². The standard InChI is InChI=1S/C56H88O27/c1-22-8-11-56(74-20-22)23(2)37-30(83-56)13-27-25-7-6-24-12-29(28(60)14-55(24,5)26(25)9-10-54(27,37)4)76-50-45(71)42(68)46(33(19-59)79-50)80-52-48(82-51-44(70)41(67)38(64)31(17-57)77-51)47(40(66)32(18-58)78-52)81-49-43(69)39(65)34(21-73-49)75-36(63)16-53(3,72)15-35(61)62/h6,22-23,25-34,37-52,57-60,64-72H,7-21H2,1-5H3,(H,61,62)/t22-,23+,25-,26+,27+,28-,29-,30+,31-,32-,33-,34-,37+,38-,39+,40-,41+,42-,43-,44-,45-,46+,47+,48-,49+,50-,51+,52+,53?,54+,55+,56-/m1/s1. The van der Waals surface area contributed by atoms with E-state index in [9.17, 15) is 76.0 Å². The van der Waals surface area contributed by atoms with Gasteiger partial charge in [-0.3, -0.25) is 9.59 Å². The predicted molar refractivity (Wildman–Crippen MR) is 275 cm³/mol. The molecule has 10 rings (SSSR count). The zero-order valence-electron chi connectivity index (χ0n) is 47.4. The molecule has 3 saturated carbocycles. The molecule has 0 radical (unpaired) electrons. The second-order valence-corrected chi connectivity index (χ2v) is 26.3. The highest BCUT2D eigenvalue weighted by atomic mass is 16.8.